The number of hydrogen-bond acceptors (Lipinski definition) is 2. The topological polar surface area (TPSA) is 58.2 Å². The zero-order chi connectivity index (χ0) is 12.0. The lowest BCUT2D eigenvalue weighted by Gasteiger charge is -2.09. The Morgan fingerprint density at radius 2 is 1.94 bits per heavy atom. The van der Waals surface area contributed by atoms with Crippen molar-refractivity contribution in [2.45, 2.75) is 5.38 Å². The summed E-state index contributed by atoms with van der Waals surface area (Å²) < 4.78 is 0. The third-order valence-electron chi connectivity index (χ3n) is 2.02. The largest absolute Gasteiger partial charge is 0.358 e. The van der Waals surface area contributed by atoms with Crippen LogP contribution in [0.3, 0.4) is 0 Å². The number of amides is 2. The first kappa shape index (κ1) is 12.5. The van der Waals surface area contributed by atoms with Gasteiger partial charge >= 0.3 is 0 Å². The van der Waals surface area contributed by atoms with Gasteiger partial charge in [-0.1, -0.05) is 30.3 Å². The third-order valence-corrected chi connectivity index (χ3v) is 2.47. The average Bonchev–Trinajstić information content (AvgIpc) is 2.35. The van der Waals surface area contributed by atoms with E-state index in [4.69, 9.17) is 11.6 Å². The summed E-state index contributed by atoms with van der Waals surface area (Å²) in [6.45, 7) is -0.0641. The van der Waals surface area contributed by atoms with Crippen LogP contribution in [-0.4, -0.2) is 25.4 Å². The van der Waals surface area contributed by atoms with Gasteiger partial charge in [0.15, 0.2) is 0 Å². The van der Waals surface area contributed by atoms with E-state index in [9.17, 15) is 9.59 Å². The van der Waals surface area contributed by atoms with E-state index in [2.05, 4.69) is 10.6 Å². The maximum atomic E-state index is 11.5. The summed E-state index contributed by atoms with van der Waals surface area (Å²) in [6, 6.07) is 8.97. The molecule has 1 aromatic rings. The molecular weight excluding hydrogens is 228 g/mol. The van der Waals surface area contributed by atoms with Gasteiger partial charge in [0.2, 0.25) is 11.8 Å². The molecule has 5 heteroatoms. The van der Waals surface area contributed by atoms with Crippen molar-refractivity contribution in [2.75, 3.05) is 13.6 Å². The first-order valence-electron chi connectivity index (χ1n) is 4.82. The Morgan fingerprint density at radius 3 is 2.50 bits per heavy atom. The molecule has 0 aromatic heterocycles. The molecule has 0 aliphatic rings. The van der Waals surface area contributed by atoms with Gasteiger partial charge in [-0.3, -0.25) is 9.59 Å². The molecule has 16 heavy (non-hydrogen) atoms. The van der Waals surface area contributed by atoms with E-state index in [-0.39, 0.29) is 18.4 Å². The Hall–Kier alpha value is -1.55. The average molecular weight is 241 g/mol. The van der Waals surface area contributed by atoms with Crippen LogP contribution in [0.4, 0.5) is 0 Å². The van der Waals surface area contributed by atoms with Crippen molar-refractivity contribution in [3.63, 3.8) is 0 Å². The van der Waals surface area contributed by atoms with Crippen molar-refractivity contribution >= 4 is 23.4 Å². The van der Waals surface area contributed by atoms with Crippen molar-refractivity contribution < 1.29 is 9.59 Å². The van der Waals surface area contributed by atoms with E-state index >= 15 is 0 Å². The fraction of sp³-hybridized carbons (Fsp3) is 0.273. The van der Waals surface area contributed by atoms with Gasteiger partial charge < -0.3 is 10.6 Å². The molecule has 0 saturated carbocycles. The van der Waals surface area contributed by atoms with Crippen molar-refractivity contribution in [2.24, 2.45) is 0 Å². The third kappa shape index (κ3) is 3.55. The highest BCUT2D eigenvalue weighted by molar-refractivity contribution is 6.30. The normalized spacial score (nSPS) is 11.6. The lowest BCUT2D eigenvalue weighted by molar-refractivity contribution is -0.125. The number of alkyl halides is 1. The van der Waals surface area contributed by atoms with Crippen molar-refractivity contribution in [3.05, 3.63) is 35.9 Å². The van der Waals surface area contributed by atoms with Gasteiger partial charge in [0, 0.05) is 7.05 Å². The minimum Gasteiger partial charge on any atom is -0.358 e. The number of carbonyl (C=O) groups excluding carboxylic acids is 2. The second kappa shape index (κ2) is 6.12. The summed E-state index contributed by atoms with van der Waals surface area (Å²) in [5, 5.41) is 4.08. The lowest BCUT2D eigenvalue weighted by Crippen LogP contribution is -2.36. The van der Waals surface area contributed by atoms with E-state index in [1.807, 2.05) is 6.07 Å². The summed E-state index contributed by atoms with van der Waals surface area (Å²) in [5.74, 6) is -0.637. The molecular formula is C11H13ClN2O2. The Bertz CT molecular complexity index is 368. The quantitative estimate of drug-likeness (QED) is 0.766. The molecule has 0 spiro atoms. The van der Waals surface area contributed by atoms with Crippen LogP contribution >= 0.6 is 11.6 Å². The summed E-state index contributed by atoms with van der Waals surface area (Å²) in [5.41, 5.74) is 0.707. The molecule has 1 atom stereocenters. The van der Waals surface area contributed by atoms with Gasteiger partial charge in [-0.2, -0.15) is 0 Å². The van der Waals surface area contributed by atoms with Crippen molar-refractivity contribution in [1.29, 1.82) is 0 Å². The fourth-order valence-electron chi connectivity index (χ4n) is 1.12. The van der Waals surface area contributed by atoms with E-state index in [1.54, 1.807) is 24.3 Å². The minimum absolute atomic E-state index is 0.0641. The van der Waals surface area contributed by atoms with Crippen LogP contribution in [0.25, 0.3) is 0 Å². The first-order valence-corrected chi connectivity index (χ1v) is 5.26. The van der Waals surface area contributed by atoms with Gasteiger partial charge in [-0.05, 0) is 5.56 Å². The molecule has 1 aromatic carbocycles. The monoisotopic (exact) mass is 240 g/mol. The Morgan fingerprint density at radius 1 is 1.31 bits per heavy atom. The number of likely N-dealkylation sites (N-methyl/N-ethyl adjacent to an activating group) is 1. The smallest absolute Gasteiger partial charge is 0.243 e. The lowest BCUT2D eigenvalue weighted by atomic mass is 10.1. The maximum Gasteiger partial charge on any atom is 0.243 e. The van der Waals surface area contributed by atoms with Crippen molar-refractivity contribution in [1.82, 2.24) is 10.6 Å². The molecule has 2 N–H and O–H groups in total. The van der Waals surface area contributed by atoms with E-state index in [0.29, 0.717) is 5.56 Å². The second-order valence-electron chi connectivity index (χ2n) is 3.16. The van der Waals surface area contributed by atoms with E-state index in [0.717, 1.165) is 0 Å². The number of hydrogen-bond donors (Lipinski definition) is 2. The Kier molecular flexibility index (Phi) is 4.79. The van der Waals surface area contributed by atoms with Gasteiger partial charge in [-0.15, -0.1) is 11.6 Å². The number of benzene rings is 1. The summed E-state index contributed by atoms with van der Waals surface area (Å²) in [7, 11) is 1.50. The molecule has 1 rings (SSSR count). The number of carbonyl (C=O) groups is 2. The van der Waals surface area contributed by atoms with Gasteiger partial charge in [0.05, 0.1) is 6.54 Å². The van der Waals surface area contributed by atoms with E-state index < -0.39 is 5.38 Å². The van der Waals surface area contributed by atoms with Crippen LogP contribution in [0.2, 0.25) is 0 Å². The van der Waals surface area contributed by atoms with Gasteiger partial charge in [0.25, 0.3) is 0 Å². The van der Waals surface area contributed by atoms with Crippen LogP contribution in [0.1, 0.15) is 10.9 Å². The molecule has 1 unspecified atom stereocenters. The molecule has 0 heterocycles. The standard InChI is InChI=1S/C11H13ClN2O2/c1-13-9(15)7-14-11(16)10(12)8-5-3-2-4-6-8/h2-6,10H,7H2,1H3,(H,13,15)(H,14,16). The number of nitrogens with one attached hydrogen (secondary N) is 2. The van der Waals surface area contributed by atoms with Crippen LogP contribution in [0, 0.1) is 0 Å². The van der Waals surface area contributed by atoms with E-state index in [1.165, 1.54) is 7.05 Å². The fourth-order valence-corrected chi connectivity index (χ4v) is 1.34. The molecule has 0 saturated heterocycles. The highest BCUT2D eigenvalue weighted by atomic mass is 35.5. The Balaban J connectivity index is 2.52. The molecule has 0 radical (unpaired) electrons. The van der Waals surface area contributed by atoms with Crippen LogP contribution in [0.5, 0.6) is 0 Å². The zero-order valence-electron chi connectivity index (χ0n) is 8.87. The molecule has 86 valence electrons. The predicted molar refractivity (Wildman–Crippen MR) is 62.1 cm³/mol. The summed E-state index contributed by atoms with van der Waals surface area (Å²) >= 11 is 5.94. The molecule has 0 bridgehead atoms. The number of halogens is 1. The van der Waals surface area contributed by atoms with Crippen LogP contribution in [-0.2, 0) is 9.59 Å². The minimum atomic E-state index is -0.772. The van der Waals surface area contributed by atoms with Gasteiger partial charge in [0.1, 0.15) is 5.38 Å². The predicted octanol–water partition coefficient (Wildman–Crippen LogP) is 0.829. The number of rotatable bonds is 4. The first-order chi connectivity index (χ1) is 7.65. The maximum absolute atomic E-state index is 11.5. The molecule has 0 aliphatic carbocycles. The van der Waals surface area contributed by atoms with Gasteiger partial charge in [-0.25, -0.2) is 0 Å². The highest BCUT2D eigenvalue weighted by Gasteiger charge is 2.17. The summed E-state index contributed by atoms with van der Waals surface area (Å²) in [4.78, 5) is 22.4. The zero-order valence-corrected chi connectivity index (χ0v) is 9.62. The Labute approximate surface area is 99.0 Å². The van der Waals surface area contributed by atoms with Crippen molar-refractivity contribution in [3.8, 4) is 0 Å². The molecule has 4 nitrogen and oxygen atoms in total. The highest BCUT2D eigenvalue weighted by Crippen LogP contribution is 2.19. The second-order valence-corrected chi connectivity index (χ2v) is 3.60. The molecule has 2 amide bonds. The SMILES string of the molecule is CNC(=O)CNC(=O)C(Cl)c1ccccc1. The summed E-state index contributed by atoms with van der Waals surface area (Å²) in [6.07, 6.45) is 0. The molecule has 0 fully saturated rings. The van der Waals surface area contributed by atoms with Crippen LogP contribution in [0.15, 0.2) is 30.3 Å². The molecule has 0 aliphatic heterocycles. The van der Waals surface area contributed by atoms with Crippen LogP contribution < -0.4 is 10.6 Å².